The highest BCUT2D eigenvalue weighted by Gasteiger charge is 2.18. The summed E-state index contributed by atoms with van der Waals surface area (Å²) < 4.78 is 5.46. The van der Waals surface area contributed by atoms with E-state index in [1.54, 1.807) is 6.08 Å². The molecule has 2 unspecified atom stereocenters. The van der Waals surface area contributed by atoms with Crippen molar-refractivity contribution in [3.8, 4) is 0 Å². The maximum absolute atomic E-state index is 12.4. The van der Waals surface area contributed by atoms with Gasteiger partial charge in [0.25, 0.3) is 0 Å². The molecule has 2 atom stereocenters. The summed E-state index contributed by atoms with van der Waals surface area (Å²) >= 11 is 0. The molecule has 3 N–H and O–H groups in total. The van der Waals surface area contributed by atoms with Crippen molar-refractivity contribution in [2.24, 2.45) is 0 Å². The van der Waals surface area contributed by atoms with Gasteiger partial charge in [-0.25, -0.2) is 0 Å². The first-order valence-electron chi connectivity index (χ1n) is 27.0. The van der Waals surface area contributed by atoms with E-state index in [1.807, 2.05) is 6.08 Å². The summed E-state index contributed by atoms with van der Waals surface area (Å²) in [5.41, 5.74) is 0. The third kappa shape index (κ3) is 46.1. The molecule has 6 nitrogen and oxygen atoms in total. The van der Waals surface area contributed by atoms with E-state index in [-0.39, 0.29) is 18.5 Å². The Morgan fingerprint density at radius 3 is 1.13 bits per heavy atom. The Labute approximate surface area is 374 Å². The first-order chi connectivity index (χ1) is 29.5. The number of aliphatic hydroxyl groups excluding tert-OH is 2. The third-order valence-corrected chi connectivity index (χ3v) is 12.6. The average Bonchev–Trinajstić information content (AvgIpc) is 3.25. The molecule has 0 saturated carbocycles. The Bertz CT molecular complexity index is 893. The molecule has 0 fully saturated rings. The van der Waals surface area contributed by atoms with Crippen LogP contribution in [-0.4, -0.2) is 47.4 Å². The lowest BCUT2D eigenvalue weighted by Crippen LogP contribution is -2.45. The molecule has 60 heavy (non-hydrogen) atoms. The van der Waals surface area contributed by atoms with Gasteiger partial charge < -0.3 is 20.3 Å². The van der Waals surface area contributed by atoms with Gasteiger partial charge in [0.05, 0.1) is 25.4 Å². The minimum atomic E-state index is -0.844. The van der Waals surface area contributed by atoms with Gasteiger partial charge in [-0.3, -0.25) is 9.59 Å². The number of esters is 1. The molecule has 0 saturated heterocycles. The fraction of sp³-hybridized carbons (Fsp3) is 0.926. The Balaban J connectivity index is 3.41. The molecule has 0 aromatic heterocycles. The van der Waals surface area contributed by atoms with Crippen molar-refractivity contribution >= 4 is 11.9 Å². The van der Waals surface area contributed by atoms with E-state index in [9.17, 15) is 19.8 Å². The molecule has 0 heterocycles. The third-order valence-electron chi connectivity index (χ3n) is 12.6. The molecule has 0 aliphatic rings. The highest BCUT2D eigenvalue weighted by Crippen LogP contribution is 2.17. The Morgan fingerprint density at radius 1 is 0.450 bits per heavy atom. The number of carbonyl (C=O) groups is 2. The van der Waals surface area contributed by atoms with Crippen molar-refractivity contribution in [1.29, 1.82) is 0 Å². The predicted octanol–water partition coefficient (Wildman–Crippen LogP) is 16.1. The predicted molar refractivity (Wildman–Crippen MR) is 260 cm³/mol. The number of nitrogens with one attached hydrogen (secondary N) is 1. The van der Waals surface area contributed by atoms with Crippen molar-refractivity contribution in [2.75, 3.05) is 13.2 Å². The second-order valence-electron chi connectivity index (χ2n) is 18.6. The van der Waals surface area contributed by atoms with Gasteiger partial charge in [0.1, 0.15) is 0 Å². The van der Waals surface area contributed by atoms with Crippen LogP contribution in [0.15, 0.2) is 12.2 Å². The van der Waals surface area contributed by atoms with Crippen LogP contribution in [0, 0.1) is 0 Å². The average molecular weight is 848 g/mol. The van der Waals surface area contributed by atoms with Crippen LogP contribution in [0.1, 0.15) is 296 Å². The molecule has 356 valence electrons. The van der Waals surface area contributed by atoms with Crippen LogP contribution < -0.4 is 5.32 Å². The van der Waals surface area contributed by atoms with Gasteiger partial charge in [0.2, 0.25) is 5.91 Å². The van der Waals surface area contributed by atoms with Gasteiger partial charge in [0.15, 0.2) is 0 Å². The Kier molecular flexibility index (Phi) is 49.1. The van der Waals surface area contributed by atoms with E-state index < -0.39 is 12.1 Å². The number of hydrogen-bond donors (Lipinski definition) is 3. The van der Waals surface area contributed by atoms with Crippen LogP contribution in [0.5, 0.6) is 0 Å². The number of unbranched alkanes of at least 4 members (excludes halogenated alkanes) is 39. The summed E-state index contributed by atoms with van der Waals surface area (Å²) in [6.45, 7) is 4.90. The first-order valence-corrected chi connectivity index (χ1v) is 27.0. The van der Waals surface area contributed by atoms with Gasteiger partial charge in [-0.15, -0.1) is 0 Å². The van der Waals surface area contributed by atoms with Crippen LogP contribution in [0.25, 0.3) is 0 Å². The summed E-state index contributed by atoms with van der Waals surface area (Å²) in [4.78, 5) is 24.4. The summed E-state index contributed by atoms with van der Waals surface area (Å²) in [5, 5.41) is 23.0. The first kappa shape index (κ1) is 58.6. The zero-order valence-electron chi connectivity index (χ0n) is 40.5. The number of hydrogen-bond acceptors (Lipinski definition) is 5. The highest BCUT2D eigenvalue weighted by molar-refractivity contribution is 5.76. The summed E-state index contributed by atoms with van der Waals surface area (Å²) in [6, 6.07) is -0.627. The smallest absolute Gasteiger partial charge is 0.305 e. The van der Waals surface area contributed by atoms with Crippen LogP contribution in [0.4, 0.5) is 0 Å². The maximum atomic E-state index is 12.4. The SMILES string of the molecule is CCCCCCCCCCCC/C=C/C(O)C(CO)NC(=O)CCCCCCCCCCCCCCCCCCCCCOC(=O)CCCCCCCCCCCCCC. The van der Waals surface area contributed by atoms with Crippen LogP contribution in [0.2, 0.25) is 0 Å². The minimum Gasteiger partial charge on any atom is -0.466 e. The van der Waals surface area contributed by atoms with E-state index in [1.165, 1.54) is 231 Å². The quantitative estimate of drug-likeness (QED) is 0.0322. The van der Waals surface area contributed by atoms with Crippen LogP contribution in [0.3, 0.4) is 0 Å². The van der Waals surface area contributed by atoms with Crippen molar-refractivity contribution in [3.05, 3.63) is 12.2 Å². The van der Waals surface area contributed by atoms with Crippen molar-refractivity contribution < 1.29 is 24.5 Å². The Hall–Kier alpha value is -1.40. The molecule has 0 aliphatic carbocycles. The molecular weight excluding hydrogens is 743 g/mol. The number of carbonyl (C=O) groups excluding carboxylic acids is 2. The van der Waals surface area contributed by atoms with E-state index in [0.29, 0.717) is 19.4 Å². The molecule has 0 radical (unpaired) electrons. The summed E-state index contributed by atoms with van der Waals surface area (Å²) in [6.07, 6.45) is 57.9. The maximum Gasteiger partial charge on any atom is 0.305 e. The van der Waals surface area contributed by atoms with E-state index in [0.717, 1.165) is 38.5 Å². The fourth-order valence-electron chi connectivity index (χ4n) is 8.40. The number of ether oxygens (including phenoxy) is 1. The van der Waals surface area contributed by atoms with Gasteiger partial charge in [-0.2, -0.15) is 0 Å². The highest BCUT2D eigenvalue weighted by atomic mass is 16.5. The number of rotatable bonds is 50. The normalized spacial score (nSPS) is 12.7. The molecule has 0 aromatic carbocycles. The van der Waals surface area contributed by atoms with E-state index in [4.69, 9.17) is 4.74 Å². The zero-order valence-corrected chi connectivity index (χ0v) is 40.5. The lowest BCUT2D eigenvalue weighted by atomic mass is 10.0. The second kappa shape index (κ2) is 50.2. The number of aliphatic hydroxyl groups is 2. The molecule has 0 aliphatic heterocycles. The topological polar surface area (TPSA) is 95.9 Å². The summed E-state index contributed by atoms with van der Waals surface area (Å²) in [5.74, 6) is -0.0617. The number of allylic oxidation sites excluding steroid dienone is 1. The molecular formula is C54H105NO5. The van der Waals surface area contributed by atoms with Gasteiger partial charge >= 0.3 is 5.97 Å². The molecule has 0 bridgehead atoms. The van der Waals surface area contributed by atoms with E-state index >= 15 is 0 Å². The van der Waals surface area contributed by atoms with Crippen molar-refractivity contribution in [1.82, 2.24) is 5.32 Å². The lowest BCUT2D eigenvalue weighted by Gasteiger charge is -2.20. The van der Waals surface area contributed by atoms with Crippen LogP contribution >= 0.6 is 0 Å². The van der Waals surface area contributed by atoms with Gasteiger partial charge in [-0.1, -0.05) is 264 Å². The Morgan fingerprint density at radius 2 is 0.767 bits per heavy atom. The van der Waals surface area contributed by atoms with Crippen molar-refractivity contribution in [3.63, 3.8) is 0 Å². The largest absolute Gasteiger partial charge is 0.466 e. The fourth-order valence-corrected chi connectivity index (χ4v) is 8.40. The van der Waals surface area contributed by atoms with Crippen LogP contribution in [-0.2, 0) is 14.3 Å². The molecule has 1 amide bonds. The monoisotopic (exact) mass is 848 g/mol. The van der Waals surface area contributed by atoms with Gasteiger partial charge in [-0.05, 0) is 32.1 Å². The zero-order chi connectivity index (χ0) is 43.7. The second-order valence-corrected chi connectivity index (χ2v) is 18.6. The standard InChI is InChI=1S/C54H105NO5/c1-3-5-7-9-11-13-15-26-30-34-38-42-46-52(57)51(50-56)55-53(58)47-43-39-35-31-27-24-22-20-18-17-19-21-23-25-29-33-37-41-45-49-60-54(59)48-44-40-36-32-28-16-14-12-10-8-6-4-2/h42,46,51-52,56-57H,3-41,43-45,47-50H2,1-2H3,(H,55,58)/b46-42+. The molecule has 0 rings (SSSR count). The number of amides is 1. The van der Waals surface area contributed by atoms with Crippen molar-refractivity contribution in [2.45, 2.75) is 309 Å². The van der Waals surface area contributed by atoms with E-state index in [2.05, 4.69) is 19.2 Å². The lowest BCUT2D eigenvalue weighted by molar-refractivity contribution is -0.143. The summed E-state index contributed by atoms with van der Waals surface area (Å²) in [7, 11) is 0. The minimum absolute atomic E-state index is 0.00902. The van der Waals surface area contributed by atoms with Gasteiger partial charge in [0, 0.05) is 12.8 Å². The molecule has 6 heteroatoms. The molecule has 0 spiro atoms. The molecule has 0 aromatic rings.